The molecule has 1 aliphatic heterocycles. The molecule has 112 valence electrons. The molecule has 2 nitrogen and oxygen atoms in total. The standard InChI is InChI=1S/C18H30N2/c1-4-8-16-11-13-20(14-12-16)18-10-7-6-9-17(18)15(3)19-5-2/h6-7,9-10,15-16,19H,4-5,8,11-14H2,1-3H3. The van der Waals surface area contributed by atoms with Gasteiger partial charge in [-0.05, 0) is 43.9 Å². The van der Waals surface area contributed by atoms with Crippen molar-refractivity contribution in [1.29, 1.82) is 0 Å². The molecule has 1 aliphatic rings. The molecule has 0 bridgehead atoms. The quantitative estimate of drug-likeness (QED) is 0.828. The summed E-state index contributed by atoms with van der Waals surface area (Å²) in [5, 5.41) is 3.54. The van der Waals surface area contributed by atoms with Gasteiger partial charge < -0.3 is 10.2 Å². The minimum Gasteiger partial charge on any atom is -0.371 e. The van der Waals surface area contributed by atoms with E-state index in [-0.39, 0.29) is 0 Å². The number of nitrogens with zero attached hydrogens (tertiary/aromatic N) is 1. The monoisotopic (exact) mass is 274 g/mol. The van der Waals surface area contributed by atoms with Gasteiger partial charge in [0.2, 0.25) is 0 Å². The Bertz CT molecular complexity index is 394. The molecular weight excluding hydrogens is 244 g/mol. The van der Waals surface area contributed by atoms with Gasteiger partial charge in [0.15, 0.2) is 0 Å². The summed E-state index contributed by atoms with van der Waals surface area (Å²) in [7, 11) is 0. The smallest absolute Gasteiger partial charge is 0.0414 e. The fourth-order valence-corrected chi connectivity index (χ4v) is 3.43. The number of benzene rings is 1. The zero-order valence-electron chi connectivity index (χ0n) is 13.4. The molecule has 1 unspecified atom stereocenters. The Hall–Kier alpha value is -1.02. The van der Waals surface area contributed by atoms with E-state index in [0.717, 1.165) is 12.5 Å². The first-order valence-corrected chi connectivity index (χ1v) is 8.33. The number of hydrogen-bond donors (Lipinski definition) is 1. The van der Waals surface area contributed by atoms with Gasteiger partial charge in [0.1, 0.15) is 0 Å². The first-order valence-electron chi connectivity index (χ1n) is 8.33. The van der Waals surface area contributed by atoms with Crippen LogP contribution in [-0.4, -0.2) is 19.6 Å². The Morgan fingerprint density at radius 3 is 2.55 bits per heavy atom. The molecule has 1 N–H and O–H groups in total. The van der Waals surface area contributed by atoms with E-state index in [1.165, 1.54) is 50.0 Å². The van der Waals surface area contributed by atoms with Gasteiger partial charge in [-0.25, -0.2) is 0 Å². The number of nitrogens with one attached hydrogen (secondary N) is 1. The Labute approximate surface area is 124 Å². The molecule has 1 fully saturated rings. The lowest BCUT2D eigenvalue weighted by Crippen LogP contribution is -2.35. The summed E-state index contributed by atoms with van der Waals surface area (Å²) in [6.07, 6.45) is 5.46. The Balaban J connectivity index is 2.06. The van der Waals surface area contributed by atoms with Gasteiger partial charge in [-0.1, -0.05) is 44.9 Å². The van der Waals surface area contributed by atoms with E-state index < -0.39 is 0 Å². The molecule has 0 aromatic heterocycles. The molecule has 1 heterocycles. The van der Waals surface area contributed by atoms with E-state index in [1.807, 2.05) is 0 Å². The van der Waals surface area contributed by atoms with Crippen LogP contribution in [0, 0.1) is 5.92 Å². The van der Waals surface area contributed by atoms with E-state index in [1.54, 1.807) is 0 Å². The summed E-state index contributed by atoms with van der Waals surface area (Å²) in [4.78, 5) is 2.59. The third-order valence-corrected chi connectivity index (χ3v) is 4.57. The van der Waals surface area contributed by atoms with Crippen molar-refractivity contribution in [2.45, 2.75) is 52.5 Å². The van der Waals surface area contributed by atoms with Gasteiger partial charge in [-0.15, -0.1) is 0 Å². The highest BCUT2D eigenvalue weighted by Gasteiger charge is 2.21. The van der Waals surface area contributed by atoms with Crippen molar-refractivity contribution in [3.63, 3.8) is 0 Å². The van der Waals surface area contributed by atoms with Crippen molar-refractivity contribution in [2.75, 3.05) is 24.5 Å². The van der Waals surface area contributed by atoms with Gasteiger partial charge in [0.25, 0.3) is 0 Å². The topological polar surface area (TPSA) is 15.3 Å². The van der Waals surface area contributed by atoms with Gasteiger partial charge in [-0.3, -0.25) is 0 Å². The molecule has 2 heteroatoms. The van der Waals surface area contributed by atoms with Gasteiger partial charge in [0, 0.05) is 24.8 Å². The number of piperidine rings is 1. The lowest BCUT2D eigenvalue weighted by Gasteiger charge is -2.35. The Kier molecular flexibility index (Phi) is 5.90. The molecule has 1 saturated heterocycles. The van der Waals surface area contributed by atoms with Crippen LogP contribution in [0.1, 0.15) is 58.1 Å². The molecule has 1 atom stereocenters. The molecule has 0 saturated carbocycles. The van der Waals surface area contributed by atoms with E-state index in [4.69, 9.17) is 0 Å². The van der Waals surface area contributed by atoms with Crippen molar-refractivity contribution in [3.05, 3.63) is 29.8 Å². The van der Waals surface area contributed by atoms with Crippen LogP contribution < -0.4 is 10.2 Å². The van der Waals surface area contributed by atoms with E-state index in [9.17, 15) is 0 Å². The molecule has 0 aliphatic carbocycles. The van der Waals surface area contributed by atoms with Crippen LogP contribution in [0.3, 0.4) is 0 Å². The van der Waals surface area contributed by atoms with E-state index in [2.05, 4.69) is 55.3 Å². The summed E-state index contributed by atoms with van der Waals surface area (Å²) in [6.45, 7) is 10.2. The van der Waals surface area contributed by atoms with Crippen molar-refractivity contribution in [1.82, 2.24) is 5.32 Å². The van der Waals surface area contributed by atoms with Crippen LogP contribution in [-0.2, 0) is 0 Å². The van der Waals surface area contributed by atoms with Crippen LogP contribution in [0.25, 0.3) is 0 Å². The highest BCUT2D eigenvalue weighted by Crippen LogP contribution is 2.31. The lowest BCUT2D eigenvalue weighted by atomic mass is 9.91. The minimum absolute atomic E-state index is 0.435. The predicted molar refractivity (Wildman–Crippen MR) is 88.4 cm³/mol. The van der Waals surface area contributed by atoms with E-state index in [0.29, 0.717) is 6.04 Å². The highest BCUT2D eigenvalue weighted by molar-refractivity contribution is 5.55. The number of para-hydroxylation sites is 1. The van der Waals surface area contributed by atoms with Gasteiger partial charge in [-0.2, -0.15) is 0 Å². The third kappa shape index (κ3) is 3.76. The molecule has 20 heavy (non-hydrogen) atoms. The van der Waals surface area contributed by atoms with Crippen LogP contribution in [0.5, 0.6) is 0 Å². The van der Waals surface area contributed by atoms with Crippen molar-refractivity contribution >= 4 is 5.69 Å². The minimum atomic E-state index is 0.435. The number of hydrogen-bond acceptors (Lipinski definition) is 2. The summed E-state index contributed by atoms with van der Waals surface area (Å²) < 4.78 is 0. The molecule has 0 amide bonds. The SMILES string of the molecule is CCCC1CCN(c2ccccc2C(C)NCC)CC1. The zero-order valence-corrected chi connectivity index (χ0v) is 13.4. The molecule has 1 aromatic carbocycles. The second kappa shape index (κ2) is 7.68. The van der Waals surface area contributed by atoms with Crippen molar-refractivity contribution in [3.8, 4) is 0 Å². The third-order valence-electron chi connectivity index (χ3n) is 4.57. The fourth-order valence-electron chi connectivity index (χ4n) is 3.43. The Morgan fingerprint density at radius 2 is 1.90 bits per heavy atom. The average Bonchev–Trinajstić information content (AvgIpc) is 2.49. The number of anilines is 1. The fraction of sp³-hybridized carbons (Fsp3) is 0.667. The molecule has 1 aromatic rings. The van der Waals surface area contributed by atoms with Crippen LogP contribution in [0.2, 0.25) is 0 Å². The molecular formula is C18H30N2. The maximum Gasteiger partial charge on any atom is 0.0414 e. The maximum atomic E-state index is 3.54. The maximum absolute atomic E-state index is 3.54. The summed E-state index contributed by atoms with van der Waals surface area (Å²) in [5.74, 6) is 0.953. The second-order valence-corrected chi connectivity index (χ2v) is 6.06. The highest BCUT2D eigenvalue weighted by atomic mass is 15.1. The van der Waals surface area contributed by atoms with Crippen molar-refractivity contribution < 1.29 is 0 Å². The number of rotatable bonds is 6. The Morgan fingerprint density at radius 1 is 1.20 bits per heavy atom. The molecule has 2 rings (SSSR count). The second-order valence-electron chi connectivity index (χ2n) is 6.06. The largest absolute Gasteiger partial charge is 0.371 e. The van der Waals surface area contributed by atoms with Crippen molar-refractivity contribution in [2.24, 2.45) is 5.92 Å². The first-order chi connectivity index (χ1) is 9.76. The zero-order chi connectivity index (χ0) is 14.4. The predicted octanol–water partition coefficient (Wildman–Crippen LogP) is 4.37. The average molecular weight is 274 g/mol. The van der Waals surface area contributed by atoms with Crippen LogP contribution in [0.15, 0.2) is 24.3 Å². The van der Waals surface area contributed by atoms with E-state index >= 15 is 0 Å². The molecule has 0 radical (unpaired) electrons. The van der Waals surface area contributed by atoms with Gasteiger partial charge >= 0.3 is 0 Å². The van der Waals surface area contributed by atoms with Gasteiger partial charge in [0.05, 0.1) is 0 Å². The van der Waals surface area contributed by atoms with Crippen LogP contribution in [0.4, 0.5) is 5.69 Å². The normalized spacial score (nSPS) is 18.2. The van der Waals surface area contributed by atoms with Crippen LogP contribution >= 0.6 is 0 Å². The molecule has 0 spiro atoms. The summed E-state index contributed by atoms with van der Waals surface area (Å²) in [6, 6.07) is 9.35. The summed E-state index contributed by atoms with van der Waals surface area (Å²) in [5.41, 5.74) is 2.89. The lowest BCUT2D eigenvalue weighted by molar-refractivity contribution is 0.378. The summed E-state index contributed by atoms with van der Waals surface area (Å²) >= 11 is 0. The first kappa shape index (κ1) is 15.4.